The predicted octanol–water partition coefficient (Wildman–Crippen LogP) is -0.336. The van der Waals surface area contributed by atoms with Crippen molar-refractivity contribution in [3.63, 3.8) is 0 Å². The van der Waals surface area contributed by atoms with Crippen LogP contribution in [-0.4, -0.2) is 43.4 Å². The lowest BCUT2D eigenvalue weighted by Gasteiger charge is -2.14. The molecule has 2 aromatic heterocycles. The van der Waals surface area contributed by atoms with E-state index in [-0.39, 0.29) is 6.61 Å². The molecule has 0 aromatic carbocycles. The van der Waals surface area contributed by atoms with E-state index >= 15 is 0 Å². The number of nitrogens with zero attached hydrogens (tertiary/aromatic N) is 4. The molecular weight excluding hydrogens is 262 g/mol. The van der Waals surface area contributed by atoms with Crippen molar-refractivity contribution in [1.29, 1.82) is 0 Å². The van der Waals surface area contributed by atoms with Gasteiger partial charge < -0.3 is 20.3 Å². The minimum Gasteiger partial charge on any atom is -0.444 e. The molecule has 8 heteroatoms. The Morgan fingerprint density at radius 2 is 2.40 bits per heavy atom. The van der Waals surface area contributed by atoms with Gasteiger partial charge in [0.05, 0.1) is 12.4 Å². The molecule has 0 amide bonds. The molecule has 1 fully saturated rings. The van der Waals surface area contributed by atoms with Gasteiger partial charge in [0.25, 0.3) is 0 Å². The fourth-order valence-electron chi connectivity index (χ4n) is 2.25. The highest BCUT2D eigenvalue weighted by Gasteiger charge is 2.36. The smallest absolute Gasteiger partial charge is 0.167 e. The summed E-state index contributed by atoms with van der Waals surface area (Å²) in [7, 11) is 0. The van der Waals surface area contributed by atoms with Gasteiger partial charge in [-0.05, 0) is 0 Å². The first-order valence-electron chi connectivity index (χ1n) is 6.04. The van der Waals surface area contributed by atoms with Crippen LogP contribution in [0.5, 0.6) is 0 Å². The molecule has 3 rings (SSSR count). The normalized spacial score (nSPS) is 25.7. The van der Waals surface area contributed by atoms with Crippen LogP contribution in [0.3, 0.4) is 0 Å². The summed E-state index contributed by atoms with van der Waals surface area (Å²) >= 11 is 0. The van der Waals surface area contributed by atoms with Crippen molar-refractivity contribution in [2.24, 2.45) is 0 Å². The number of terminal acetylenes is 1. The maximum Gasteiger partial charge on any atom is 0.167 e. The van der Waals surface area contributed by atoms with Gasteiger partial charge in [-0.25, -0.2) is 15.0 Å². The average Bonchev–Trinajstić information content (AvgIpc) is 3.01. The minimum atomic E-state index is -0.662. The van der Waals surface area contributed by atoms with E-state index in [2.05, 4.69) is 21.1 Å². The number of aromatic nitrogens is 4. The van der Waals surface area contributed by atoms with Crippen molar-refractivity contribution in [3.8, 4) is 12.5 Å². The molecule has 0 bridgehead atoms. The van der Waals surface area contributed by atoms with E-state index < -0.39 is 18.4 Å². The van der Waals surface area contributed by atoms with Crippen molar-refractivity contribution in [2.75, 3.05) is 12.3 Å². The Labute approximate surface area is 114 Å². The second-order valence-corrected chi connectivity index (χ2v) is 4.44. The highest BCUT2D eigenvalue weighted by atomic mass is 16.6. The van der Waals surface area contributed by atoms with Crippen molar-refractivity contribution < 1.29 is 14.6 Å². The van der Waals surface area contributed by atoms with Crippen LogP contribution in [0.25, 0.3) is 11.2 Å². The first-order valence-corrected chi connectivity index (χ1v) is 6.04. The molecule has 104 valence electrons. The van der Waals surface area contributed by atoms with E-state index in [1.165, 1.54) is 6.33 Å². The zero-order valence-electron chi connectivity index (χ0n) is 10.5. The van der Waals surface area contributed by atoms with Crippen LogP contribution in [0.1, 0.15) is 12.6 Å². The number of aliphatic hydroxyl groups excluding tert-OH is 1. The molecule has 1 aliphatic rings. The fraction of sp³-hybridized carbons (Fsp3) is 0.417. The molecule has 2 aromatic rings. The van der Waals surface area contributed by atoms with E-state index in [1.54, 1.807) is 10.9 Å². The summed E-state index contributed by atoms with van der Waals surface area (Å²) in [4.78, 5) is 12.2. The molecule has 0 radical (unpaired) electrons. The second-order valence-electron chi connectivity index (χ2n) is 4.44. The molecule has 1 aliphatic heterocycles. The summed E-state index contributed by atoms with van der Waals surface area (Å²) in [6.07, 6.45) is 8.86. The first kappa shape index (κ1) is 12.7. The Balaban J connectivity index is 1.86. The zero-order chi connectivity index (χ0) is 14.1. The lowest BCUT2D eigenvalue weighted by molar-refractivity contribution is -0.0430. The Kier molecular flexibility index (Phi) is 3.14. The fourth-order valence-corrected chi connectivity index (χ4v) is 2.25. The number of aliphatic hydroxyl groups is 1. The monoisotopic (exact) mass is 275 g/mol. The molecule has 0 spiro atoms. The molecule has 3 N–H and O–H groups in total. The summed E-state index contributed by atoms with van der Waals surface area (Å²) in [5, 5.41) is 9.95. The number of rotatable bonds is 3. The molecule has 3 atom stereocenters. The van der Waals surface area contributed by atoms with E-state index in [4.69, 9.17) is 21.6 Å². The number of hydrogen-bond acceptors (Lipinski definition) is 7. The molecule has 0 unspecified atom stereocenters. The number of nitrogen functional groups attached to an aromatic ring is 1. The van der Waals surface area contributed by atoms with Crippen LogP contribution < -0.4 is 5.73 Å². The second kappa shape index (κ2) is 4.96. The lowest BCUT2D eigenvalue weighted by atomic mass is 10.2. The maximum atomic E-state index is 9.95. The van der Waals surface area contributed by atoms with Crippen LogP contribution in [0, 0.1) is 12.5 Å². The van der Waals surface area contributed by atoms with E-state index in [9.17, 15) is 5.11 Å². The maximum absolute atomic E-state index is 9.95. The largest absolute Gasteiger partial charge is 0.444 e. The molecular formula is C12H13N5O3. The quantitative estimate of drug-likeness (QED) is 0.738. The van der Waals surface area contributed by atoms with Crippen molar-refractivity contribution in [2.45, 2.75) is 24.9 Å². The van der Waals surface area contributed by atoms with E-state index in [0.717, 1.165) is 0 Å². The van der Waals surface area contributed by atoms with Crippen LogP contribution >= 0.6 is 0 Å². The van der Waals surface area contributed by atoms with Gasteiger partial charge in [0.2, 0.25) is 0 Å². The number of nitrogens with two attached hydrogens (primary N) is 1. The third-order valence-electron chi connectivity index (χ3n) is 3.23. The Hall–Kier alpha value is -2.37. The number of ether oxygens (including phenoxy) is 2. The SMILES string of the molecule is C#COC[C@H]1O[C@@H](n2cnc3c(N)ncnc32)C[C@@H]1O. The summed E-state index contributed by atoms with van der Waals surface area (Å²) < 4.78 is 12.3. The van der Waals surface area contributed by atoms with Crippen LogP contribution in [-0.2, 0) is 9.47 Å². The Morgan fingerprint density at radius 3 is 3.20 bits per heavy atom. The van der Waals surface area contributed by atoms with Gasteiger partial charge >= 0.3 is 0 Å². The van der Waals surface area contributed by atoms with Crippen molar-refractivity contribution >= 4 is 17.0 Å². The topological polar surface area (TPSA) is 108 Å². The van der Waals surface area contributed by atoms with Gasteiger partial charge in [-0.1, -0.05) is 6.42 Å². The van der Waals surface area contributed by atoms with Crippen LogP contribution in [0.4, 0.5) is 5.82 Å². The van der Waals surface area contributed by atoms with Crippen molar-refractivity contribution in [3.05, 3.63) is 12.7 Å². The summed E-state index contributed by atoms with van der Waals surface area (Å²) in [5.41, 5.74) is 6.80. The molecule has 0 saturated carbocycles. The molecule has 8 nitrogen and oxygen atoms in total. The third-order valence-corrected chi connectivity index (χ3v) is 3.23. The molecule has 3 heterocycles. The summed E-state index contributed by atoms with van der Waals surface area (Å²) in [5.74, 6) is 0.305. The van der Waals surface area contributed by atoms with Crippen molar-refractivity contribution in [1.82, 2.24) is 19.5 Å². The predicted molar refractivity (Wildman–Crippen MR) is 69.1 cm³/mol. The highest BCUT2D eigenvalue weighted by Crippen LogP contribution is 2.31. The minimum absolute atomic E-state index is 0.137. The number of imidazole rings is 1. The van der Waals surface area contributed by atoms with E-state index in [0.29, 0.717) is 23.4 Å². The number of anilines is 1. The highest BCUT2D eigenvalue weighted by molar-refractivity contribution is 5.81. The number of hydrogen-bond donors (Lipinski definition) is 2. The summed E-state index contributed by atoms with van der Waals surface area (Å²) in [6, 6.07) is 0. The number of fused-ring (bicyclic) bond motifs is 1. The Morgan fingerprint density at radius 1 is 1.55 bits per heavy atom. The lowest BCUT2D eigenvalue weighted by Crippen LogP contribution is -2.25. The third kappa shape index (κ3) is 2.03. The van der Waals surface area contributed by atoms with Gasteiger partial charge in [-0.2, -0.15) is 0 Å². The molecule has 0 aliphatic carbocycles. The van der Waals surface area contributed by atoms with Crippen LogP contribution in [0.2, 0.25) is 0 Å². The average molecular weight is 275 g/mol. The summed E-state index contributed by atoms with van der Waals surface area (Å²) in [6.45, 7) is 0.137. The van der Waals surface area contributed by atoms with Gasteiger partial charge in [0.15, 0.2) is 11.5 Å². The van der Waals surface area contributed by atoms with Crippen LogP contribution in [0.15, 0.2) is 12.7 Å². The molecule has 1 saturated heterocycles. The Bertz CT molecular complexity index is 665. The van der Waals surface area contributed by atoms with Gasteiger partial charge in [0.1, 0.15) is 36.9 Å². The first-order chi connectivity index (χ1) is 9.70. The van der Waals surface area contributed by atoms with Gasteiger partial charge in [0, 0.05) is 6.42 Å². The standard InChI is InChI=1S/C12H13N5O3/c1-2-19-4-8-7(18)3-9(20-8)17-6-16-10-11(13)14-5-15-12(10)17/h1,5-9,18H,3-4H2,(H2,13,14,15)/t7-,8+,9+/m0/s1. The van der Waals surface area contributed by atoms with Gasteiger partial charge in [-0.3, -0.25) is 4.57 Å². The van der Waals surface area contributed by atoms with E-state index in [1.807, 2.05) is 0 Å². The molecule has 20 heavy (non-hydrogen) atoms. The van der Waals surface area contributed by atoms with Gasteiger partial charge in [-0.15, -0.1) is 0 Å². The zero-order valence-corrected chi connectivity index (χ0v) is 10.5.